The summed E-state index contributed by atoms with van der Waals surface area (Å²) in [5, 5.41) is 17.0. The number of rotatable bonds is 5. The highest BCUT2D eigenvalue weighted by Gasteiger charge is 2.37. The van der Waals surface area contributed by atoms with Crippen LogP contribution in [0.15, 0.2) is 30.5 Å². The van der Waals surface area contributed by atoms with Crippen LogP contribution >= 0.6 is 0 Å². The summed E-state index contributed by atoms with van der Waals surface area (Å²) in [6, 6.07) is 7.02. The van der Waals surface area contributed by atoms with Crippen molar-refractivity contribution in [2.24, 2.45) is 11.7 Å². The number of anilines is 2. The molecule has 0 bridgehead atoms. The minimum atomic E-state index is -4.43. The highest BCUT2D eigenvalue weighted by molar-refractivity contribution is 5.98. The molecule has 0 spiro atoms. The predicted octanol–water partition coefficient (Wildman–Crippen LogP) is 3.68. The first-order valence-corrected chi connectivity index (χ1v) is 10.2. The van der Waals surface area contributed by atoms with Gasteiger partial charge in [-0.3, -0.25) is 9.48 Å². The lowest BCUT2D eigenvalue weighted by molar-refractivity contribution is -0.137. The Morgan fingerprint density at radius 3 is 2.48 bits per heavy atom. The SMILES string of the molecule is N#CC1CC(N2CCC2)CCC1n1cc(C(N)=O)c(Nc2ccc(C(F)(F)F)cc2)n1. The number of carbonyl (C=O) groups excluding carboxylic acids is 1. The second-order valence-electron chi connectivity index (χ2n) is 8.10. The maximum absolute atomic E-state index is 12.8. The number of halogens is 3. The van der Waals surface area contributed by atoms with Gasteiger partial charge in [0.15, 0.2) is 5.82 Å². The second kappa shape index (κ2) is 8.23. The molecule has 10 heteroatoms. The van der Waals surface area contributed by atoms with Crippen LogP contribution in [0.5, 0.6) is 0 Å². The van der Waals surface area contributed by atoms with Gasteiger partial charge in [0.25, 0.3) is 5.91 Å². The van der Waals surface area contributed by atoms with Gasteiger partial charge >= 0.3 is 6.18 Å². The lowest BCUT2D eigenvalue weighted by atomic mass is 9.81. The Morgan fingerprint density at radius 1 is 1.23 bits per heavy atom. The van der Waals surface area contributed by atoms with Gasteiger partial charge in [0.05, 0.1) is 23.6 Å². The van der Waals surface area contributed by atoms with E-state index in [1.807, 2.05) is 0 Å². The van der Waals surface area contributed by atoms with Crippen molar-refractivity contribution in [2.45, 2.75) is 43.9 Å². The summed E-state index contributed by atoms with van der Waals surface area (Å²) in [5.41, 5.74) is 5.20. The van der Waals surface area contributed by atoms with Crippen molar-refractivity contribution < 1.29 is 18.0 Å². The predicted molar refractivity (Wildman–Crippen MR) is 107 cm³/mol. The van der Waals surface area contributed by atoms with Gasteiger partial charge in [-0.2, -0.15) is 23.5 Å². The average Bonchev–Trinajstić information content (AvgIpc) is 3.10. The number of nitriles is 1. The van der Waals surface area contributed by atoms with E-state index in [9.17, 15) is 23.2 Å². The molecule has 3 N–H and O–H groups in total. The number of nitrogens with one attached hydrogen (secondary N) is 1. The third-order valence-corrected chi connectivity index (χ3v) is 6.17. The standard InChI is InChI=1S/C21H23F3N6O/c22-21(23,24)14-2-4-15(5-3-14)27-20-17(19(26)31)12-30(28-20)18-7-6-16(10-13(18)11-25)29-8-1-9-29/h2-5,12-13,16,18H,1,6-10H2,(H2,26,31)(H,27,28). The van der Waals surface area contributed by atoms with Gasteiger partial charge in [0, 0.05) is 17.9 Å². The average molecular weight is 432 g/mol. The van der Waals surface area contributed by atoms with E-state index in [2.05, 4.69) is 21.4 Å². The van der Waals surface area contributed by atoms with Crippen LogP contribution in [0.1, 0.15) is 47.6 Å². The van der Waals surface area contributed by atoms with Crippen molar-refractivity contribution in [3.8, 4) is 6.07 Å². The number of amides is 1. The first-order chi connectivity index (χ1) is 14.8. The number of hydrogen-bond acceptors (Lipinski definition) is 5. The smallest absolute Gasteiger partial charge is 0.365 e. The topological polar surface area (TPSA) is 100.0 Å². The molecular weight excluding hydrogens is 409 g/mol. The molecule has 1 aromatic carbocycles. The fourth-order valence-electron chi connectivity index (χ4n) is 4.34. The van der Waals surface area contributed by atoms with Crippen molar-refractivity contribution in [1.29, 1.82) is 5.26 Å². The lowest BCUT2D eigenvalue weighted by Crippen LogP contribution is -2.48. The number of hydrogen-bond donors (Lipinski definition) is 2. The van der Waals surface area contributed by atoms with Crippen LogP contribution in [0.3, 0.4) is 0 Å². The molecule has 7 nitrogen and oxygen atoms in total. The zero-order chi connectivity index (χ0) is 22.2. The van der Waals surface area contributed by atoms with Crippen LogP contribution < -0.4 is 11.1 Å². The van der Waals surface area contributed by atoms with E-state index in [0.29, 0.717) is 11.7 Å². The Morgan fingerprint density at radius 2 is 1.94 bits per heavy atom. The van der Waals surface area contributed by atoms with Gasteiger partial charge in [0.2, 0.25) is 0 Å². The van der Waals surface area contributed by atoms with Gasteiger partial charge in [-0.1, -0.05) is 0 Å². The summed E-state index contributed by atoms with van der Waals surface area (Å²) in [6.45, 7) is 2.14. The van der Waals surface area contributed by atoms with Crippen LogP contribution in [0, 0.1) is 17.2 Å². The lowest BCUT2D eigenvalue weighted by Gasteiger charge is -2.43. The number of benzene rings is 1. The van der Waals surface area contributed by atoms with E-state index in [-0.39, 0.29) is 23.3 Å². The third-order valence-electron chi connectivity index (χ3n) is 6.17. The van der Waals surface area contributed by atoms with Gasteiger partial charge in [-0.25, -0.2) is 0 Å². The number of primary amides is 1. The number of carbonyl (C=O) groups is 1. The number of nitrogens with two attached hydrogens (primary N) is 1. The van der Waals surface area contributed by atoms with Crippen LogP contribution in [0.4, 0.5) is 24.7 Å². The zero-order valence-electron chi connectivity index (χ0n) is 16.8. The maximum Gasteiger partial charge on any atom is 0.416 e. The Bertz CT molecular complexity index is 990. The van der Waals surface area contributed by atoms with Crippen molar-refractivity contribution in [3.05, 3.63) is 41.6 Å². The molecule has 164 valence electrons. The molecule has 1 aliphatic carbocycles. The van der Waals surface area contributed by atoms with Crippen LogP contribution in [0.2, 0.25) is 0 Å². The van der Waals surface area contributed by atoms with Crippen molar-refractivity contribution in [3.63, 3.8) is 0 Å². The zero-order valence-corrected chi connectivity index (χ0v) is 16.8. The fourth-order valence-corrected chi connectivity index (χ4v) is 4.34. The van der Waals surface area contributed by atoms with E-state index in [1.165, 1.54) is 24.8 Å². The Balaban J connectivity index is 1.54. The molecule has 1 aliphatic heterocycles. The molecule has 1 saturated carbocycles. The Kier molecular flexibility index (Phi) is 5.62. The minimum Gasteiger partial charge on any atom is -0.365 e. The number of aromatic nitrogens is 2. The van der Waals surface area contributed by atoms with E-state index >= 15 is 0 Å². The molecule has 3 unspecified atom stereocenters. The molecule has 4 rings (SSSR count). The first kappa shape index (κ1) is 21.2. The van der Waals surface area contributed by atoms with E-state index < -0.39 is 17.6 Å². The molecule has 2 fully saturated rings. The van der Waals surface area contributed by atoms with Gasteiger partial charge in [-0.05, 0) is 63.0 Å². The van der Waals surface area contributed by atoms with Gasteiger partial charge < -0.3 is 16.0 Å². The first-order valence-electron chi connectivity index (χ1n) is 10.2. The van der Waals surface area contributed by atoms with Crippen LogP contribution in [0.25, 0.3) is 0 Å². The van der Waals surface area contributed by atoms with Gasteiger partial charge in [-0.15, -0.1) is 0 Å². The third kappa shape index (κ3) is 4.37. The largest absolute Gasteiger partial charge is 0.416 e. The molecule has 0 radical (unpaired) electrons. The summed E-state index contributed by atoms with van der Waals surface area (Å²) < 4.78 is 39.9. The molecule has 2 heterocycles. The molecular formula is C21H23F3N6O. The Labute approximate surface area is 177 Å². The monoisotopic (exact) mass is 432 g/mol. The van der Waals surface area contributed by atoms with Crippen LogP contribution in [-0.4, -0.2) is 39.7 Å². The second-order valence-corrected chi connectivity index (χ2v) is 8.10. The summed E-state index contributed by atoms with van der Waals surface area (Å²) in [7, 11) is 0. The molecule has 1 amide bonds. The molecule has 3 atom stereocenters. The molecule has 1 aromatic heterocycles. The molecule has 2 aliphatic rings. The normalized spacial score (nSPS) is 24.3. The van der Waals surface area contributed by atoms with Crippen molar-refractivity contribution in [2.75, 3.05) is 18.4 Å². The van der Waals surface area contributed by atoms with E-state index in [4.69, 9.17) is 5.73 Å². The summed E-state index contributed by atoms with van der Waals surface area (Å²) in [4.78, 5) is 14.3. The molecule has 2 aromatic rings. The highest BCUT2D eigenvalue weighted by atomic mass is 19.4. The molecule has 31 heavy (non-hydrogen) atoms. The summed E-state index contributed by atoms with van der Waals surface area (Å²) in [6.07, 6.45) is 0.717. The number of likely N-dealkylation sites (tertiary alicyclic amines) is 1. The van der Waals surface area contributed by atoms with Gasteiger partial charge in [0.1, 0.15) is 5.56 Å². The Hall–Kier alpha value is -3.06. The quantitative estimate of drug-likeness (QED) is 0.751. The summed E-state index contributed by atoms with van der Waals surface area (Å²) in [5.74, 6) is -0.795. The van der Waals surface area contributed by atoms with E-state index in [0.717, 1.165) is 44.5 Å². The van der Waals surface area contributed by atoms with Crippen molar-refractivity contribution in [1.82, 2.24) is 14.7 Å². The molecule has 1 saturated heterocycles. The minimum absolute atomic E-state index is 0.126. The van der Waals surface area contributed by atoms with Crippen LogP contribution in [-0.2, 0) is 6.18 Å². The number of alkyl halides is 3. The summed E-state index contributed by atoms with van der Waals surface area (Å²) >= 11 is 0. The van der Waals surface area contributed by atoms with E-state index in [1.54, 1.807) is 4.68 Å². The fraction of sp³-hybridized carbons (Fsp3) is 0.476. The van der Waals surface area contributed by atoms with Crippen molar-refractivity contribution >= 4 is 17.4 Å². The highest BCUT2D eigenvalue weighted by Crippen LogP contribution is 2.38. The maximum atomic E-state index is 12.8. The number of nitrogens with zero attached hydrogens (tertiary/aromatic N) is 4.